The summed E-state index contributed by atoms with van der Waals surface area (Å²) >= 11 is 8.83. The molecule has 0 aliphatic carbocycles. The van der Waals surface area contributed by atoms with E-state index >= 15 is 0 Å². The molecule has 0 aliphatic rings. The maximum absolute atomic E-state index is 13.2. The minimum absolute atomic E-state index is 0.0968. The van der Waals surface area contributed by atoms with Crippen LogP contribution in [-0.4, -0.2) is 15.0 Å². The third kappa shape index (κ3) is 2.18. The summed E-state index contributed by atoms with van der Waals surface area (Å²) in [6.07, 6.45) is 1.72. The SMILES string of the molecule is Fc1cc(-n2cc(CBr)nn2)ccc1Cl. The van der Waals surface area contributed by atoms with Gasteiger partial charge >= 0.3 is 0 Å². The molecule has 1 aromatic carbocycles. The number of alkyl halides is 1. The molecule has 3 nitrogen and oxygen atoms in total. The van der Waals surface area contributed by atoms with Crippen LogP contribution in [0.1, 0.15) is 5.69 Å². The van der Waals surface area contributed by atoms with Gasteiger partial charge in [0.1, 0.15) is 5.82 Å². The molecule has 0 saturated carbocycles. The van der Waals surface area contributed by atoms with Crippen molar-refractivity contribution in [3.63, 3.8) is 0 Å². The van der Waals surface area contributed by atoms with Gasteiger partial charge in [-0.15, -0.1) is 5.10 Å². The van der Waals surface area contributed by atoms with Crippen LogP contribution < -0.4 is 0 Å². The highest BCUT2D eigenvalue weighted by Gasteiger charge is 2.05. The minimum Gasteiger partial charge on any atom is -0.220 e. The van der Waals surface area contributed by atoms with E-state index < -0.39 is 5.82 Å². The maximum Gasteiger partial charge on any atom is 0.143 e. The fourth-order valence-corrected chi connectivity index (χ4v) is 1.49. The summed E-state index contributed by atoms with van der Waals surface area (Å²) in [6, 6.07) is 4.48. The van der Waals surface area contributed by atoms with Gasteiger partial charge in [-0.05, 0) is 12.1 Å². The molecule has 1 heterocycles. The first kappa shape index (κ1) is 10.6. The van der Waals surface area contributed by atoms with Gasteiger partial charge < -0.3 is 0 Å². The van der Waals surface area contributed by atoms with Crippen LogP contribution in [0.5, 0.6) is 0 Å². The van der Waals surface area contributed by atoms with Crippen molar-refractivity contribution in [1.29, 1.82) is 0 Å². The second-order valence-electron chi connectivity index (χ2n) is 2.89. The molecule has 0 saturated heterocycles. The highest BCUT2D eigenvalue weighted by atomic mass is 79.9. The molecule has 0 fully saturated rings. The van der Waals surface area contributed by atoms with Gasteiger partial charge in [0.05, 0.1) is 22.6 Å². The number of benzene rings is 1. The molecule has 1 aromatic heterocycles. The molecule has 2 aromatic rings. The zero-order chi connectivity index (χ0) is 10.8. The average Bonchev–Trinajstić information content (AvgIpc) is 2.70. The summed E-state index contributed by atoms with van der Waals surface area (Å²) in [7, 11) is 0. The summed E-state index contributed by atoms with van der Waals surface area (Å²) in [5.74, 6) is -0.468. The van der Waals surface area contributed by atoms with Crippen LogP contribution in [0.2, 0.25) is 5.02 Å². The van der Waals surface area contributed by atoms with Crippen LogP contribution in [0.3, 0.4) is 0 Å². The van der Waals surface area contributed by atoms with E-state index in [-0.39, 0.29) is 5.02 Å². The van der Waals surface area contributed by atoms with Crippen molar-refractivity contribution in [3.05, 3.63) is 40.9 Å². The smallest absolute Gasteiger partial charge is 0.143 e. The Labute approximate surface area is 99.0 Å². The molecular formula is C9H6BrClFN3. The monoisotopic (exact) mass is 289 g/mol. The van der Waals surface area contributed by atoms with E-state index in [1.54, 1.807) is 12.3 Å². The number of nitrogens with zero attached hydrogens (tertiary/aromatic N) is 3. The molecule has 15 heavy (non-hydrogen) atoms. The maximum atomic E-state index is 13.2. The molecule has 6 heteroatoms. The predicted octanol–water partition coefficient (Wildman–Crippen LogP) is 2.95. The highest BCUT2D eigenvalue weighted by molar-refractivity contribution is 9.08. The van der Waals surface area contributed by atoms with Crippen LogP contribution >= 0.6 is 27.5 Å². The zero-order valence-corrected chi connectivity index (χ0v) is 9.83. The van der Waals surface area contributed by atoms with E-state index in [0.29, 0.717) is 11.0 Å². The Kier molecular flexibility index (Phi) is 3.02. The Morgan fingerprint density at radius 2 is 2.27 bits per heavy atom. The highest BCUT2D eigenvalue weighted by Crippen LogP contribution is 2.17. The lowest BCUT2D eigenvalue weighted by atomic mass is 10.3. The largest absolute Gasteiger partial charge is 0.220 e. The van der Waals surface area contributed by atoms with Crippen molar-refractivity contribution in [2.24, 2.45) is 0 Å². The Balaban J connectivity index is 2.40. The minimum atomic E-state index is -0.468. The van der Waals surface area contributed by atoms with Gasteiger partial charge in [-0.3, -0.25) is 0 Å². The van der Waals surface area contributed by atoms with Gasteiger partial charge in [0, 0.05) is 11.4 Å². The fraction of sp³-hybridized carbons (Fsp3) is 0.111. The van der Waals surface area contributed by atoms with E-state index in [0.717, 1.165) is 5.69 Å². The normalized spacial score (nSPS) is 10.6. The van der Waals surface area contributed by atoms with Crippen molar-refractivity contribution >= 4 is 27.5 Å². The molecule has 0 aliphatic heterocycles. The average molecular weight is 291 g/mol. The molecular weight excluding hydrogens is 284 g/mol. The molecule has 0 bridgehead atoms. The molecule has 0 radical (unpaired) electrons. The van der Waals surface area contributed by atoms with Crippen molar-refractivity contribution in [2.75, 3.05) is 0 Å². The molecule has 0 unspecified atom stereocenters. The third-order valence-electron chi connectivity index (χ3n) is 1.85. The lowest BCUT2D eigenvalue weighted by Crippen LogP contribution is -1.95. The van der Waals surface area contributed by atoms with Gasteiger partial charge in [-0.2, -0.15) is 0 Å². The van der Waals surface area contributed by atoms with Crippen molar-refractivity contribution in [3.8, 4) is 5.69 Å². The first-order valence-electron chi connectivity index (χ1n) is 4.13. The third-order valence-corrected chi connectivity index (χ3v) is 2.73. The molecule has 0 spiro atoms. The number of aromatic nitrogens is 3. The summed E-state index contributed by atoms with van der Waals surface area (Å²) in [6.45, 7) is 0. The van der Waals surface area contributed by atoms with Crippen LogP contribution in [0, 0.1) is 5.82 Å². The van der Waals surface area contributed by atoms with E-state index in [2.05, 4.69) is 26.2 Å². The van der Waals surface area contributed by atoms with Crippen LogP contribution in [0.25, 0.3) is 5.69 Å². The van der Waals surface area contributed by atoms with E-state index in [4.69, 9.17) is 11.6 Å². The summed E-state index contributed by atoms with van der Waals surface area (Å²) in [4.78, 5) is 0. The van der Waals surface area contributed by atoms with Gasteiger partial charge in [-0.1, -0.05) is 32.7 Å². The number of hydrogen-bond acceptors (Lipinski definition) is 2. The Morgan fingerprint density at radius 1 is 1.47 bits per heavy atom. The molecule has 0 N–H and O–H groups in total. The molecule has 0 atom stereocenters. The summed E-state index contributed by atoms with van der Waals surface area (Å²) in [5.41, 5.74) is 1.38. The number of hydrogen-bond donors (Lipinski definition) is 0. The summed E-state index contributed by atoms with van der Waals surface area (Å²) in [5, 5.41) is 8.44. The van der Waals surface area contributed by atoms with Crippen molar-refractivity contribution in [2.45, 2.75) is 5.33 Å². The van der Waals surface area contributed by atoms with E-state index in [1.807, 2.05) is 0 Å². The zero-order valence-electron chi connectivity index (χ0n) is 7.49. The fourth-order valence-electron chi connectivity index (χ4n) is 1.11. The topological polar surface area (TPSA) is 30.7 Å². The predicted molar refractivity (Wildman–Crippen MR) is 59.0 cm³/mol. The lowest BCUT2D eigenvalue weighted by Gasteiger charge is -2.00. The molecule has 78 valence electrons. The van der Waals surface area contributed by atoms with Crippen molar-refractivity contribution < 1.29 is 4.39 Å². The first-order chi connectivity index (χ1) is 7.20. The standard InChI is InChI=1S/C9H6BrClFN3/c10-4-6-5-15(14-13-6)7-1-2-8(11)9(12)3-7/h1-3,5H,4H2. The van der Waals surface area contributed by atoms with Crippen LogP contribution in [-0.2, 0) is 5.33 Å². The van der Waals surface area contributed by atoms with Gasteiger partial charge in [0.25, 0.3) is 0 Å². The molecule has 2 rings (SSSR count). The Morgan fingerprint density at radius 3 is 2.87 bits per heavy atom. The van der Waals surface area contributed by atoms with Gasteiger partial charge in [0.15, 0.2) is 0 Å². The number of halogens is 3. The second-order valence-corrected chi connectivity index (χ2v) is 3.85. The van der Waals surface area contributed by atoms with Gasteiger partial charge in [-0.25, -0.2) is 9.07 Å². The van der Waals surface area contributed by atoms with Gasteiger partial charge in [0.2, 0.25) is 0 Å². The van der Waals surface area contributed by atoms with Crippen LogP contribution in [0.4, 0.5) is 4.39 Å². The lowest BCUT2D eigenvalue weighted by molar-refractivity contribution is 0.625. The van der Waals surface area contributed by atoms with Crippen molar-refractivity contribution in [1.82, 2.24) is 15.0 Å². The quantitative estimate of drug-likeness (QED) is 0.796. The van der Waals surface area contributed by atoms with E-state index in [9.17, 15) is 4.39 Å². The summed E-state index contributed by atoms with van der Waals surface area (Å²) < 4.78 is 14.6. The Bertz CT molecular complexity index is 486. The van der Waals surface area contributed by atoms with Crippen LogP contribution in [0.15, 0.2) is 24.4 Å². The Hall–Kier alpha value is -0.940. The molecule has 0 amide bonds. The number of rotatable bonds is 2. The second kappa shape index (κ2) is 4.28. The first-order valence-corrected chi connectivity index (χ1v) is 5.63. The van der Waals surface area contributed by atoms with E-state index in [1.165, 1.54) is 16.8 Å².